The van der Waals surface area contributed by atoms with Gasteiger partial charge < -0.3 is 4.74 Å². The monoisotopic (exact) mass is 318 g/mol. The topological polar surface area (TPSA) is 43.6 Å². The van der Waals surface area contributed by atoms with E-state index in [4.69, 9.17) is 9.72 Å². The summed E-state index contributed by atoms with van der Waals surface area (Å²) in [5.41, 5.74) is 4.58. The summed E-state index contributed by atoms with van der Waals surface area (Å²) in [6.07, 6.45) is 2.35. The molecule has 1 aliphatic carbocycles. The van der Waals surface area contributed by atoms with Crippen LogP contribution in [0.2, 0.25) is 0 Å². The Morgan fingerprint density at radius 1 is 1.43 bits per heavy atom. The highest BCUT2D eigenvalue weighted by atomic mass is 32.1. The Kier molecular flexibility index (Phi) is 3.08. The van der Waals surface area contributed by atoms with Gasteiger partial charge in [0.1, 0.15) is 0 Å². The minimum absolute atomic E-state index is 0.174. The lowest BCUT2D eigenvalue weighted by Gasteiger charge is -2.12. The zero-order valence-electron chi connectivity index (χ0n) is 11.6. The smallest absolute Gasteiger partial charge is 0.311 e. The van der Waals surface area contributed by atoms with Crippen LogP contribution in [-0.2, 0) is 28.8 Å². The van der Waals surface area contributed by atoms with Crippen molar-refractivity contribution in [3.63, 3.8) is 0 Å². The molecule has 21 heavy (non-hydrogen) atoms. The minimum Gasteiger partial charge on any atom is -0.466 e. The number of nitrogens with zero attached hydrogens (tertiary/aromatic N) is 2. The number of aromatic nitrogens is 2. The lowest BCUT2D eigenvalue weighted by Crippen LogP contribution is -2.11. The molecule has 4 nitrogen and oxygen atoms in total. The van der Waals surface area contributed by atoms with Gasteiger partial charge in [0.2, 0.25) is 0 Å². The van der Waals surface area contributed by atoms with Crippen LogP contribution in [0, 0.1) is 0 Å². The fraction of sp³-hybridized carbons (Fsp3) is 0.333. The van der Waals surface area contributed by atoms with Crippen molar-refractivity contribution in [3.05, 3.63) is 33.1 Å². The summed E-state index contributed by atoms with van der Waals surface area (Å²) in [5, 5.41) is 4.15. The van der Waals surface area contributed by atoms with Crippen LogP contribution in [0.1, 0.15) is 23.2 Å². The molecule has 0 saturated heterocycles. The number of thiophene rings is 1. The largest absolute Gasteiger partial charge is 0.466 e. The minimum atomic E-state index is -0.174. The molecule has 4 rings (SSSR count). The van der Waals surface area contributed by atoms with Crippen LogP contribution >= 0.6 is 22.7 Å². The Morgan fingerprint density at radius 2 is 2.33 bits per heavy atom. The average molecular weight is 318 g/mol. The molecular formula is C15H14N2O2S2. The molecule has 0 saturated carbocycles. The van der Waals surface area contributed by atoms with Crippen LogP contribution in [0.5, 0.6) is 0 Å². The van der Waals surface area contributed by atoms with E-state index in [0.29, 0.717) is 13.0 Å². The molecule has 3 heterocycles. The van der Waals surface area contributed by atoms with Crippen LogP contribution in [-0.4, -0.2) is 22.0 Å². The van der Waals surface area contributed by atoms with E-state index in [-0.39, 0.29) is 5.97 Å². The summed E-state index contributed by atoms with van der Waals surface area (Å²) in [6, 6.07) is 2.15. The van der Waals surface area contributed by atoms with Gasteiger partial charge in [-0.3, -0.25) is 9.20 Å². The first-order chi connectivity index (χ1) is 10.3. The Labute approximate surface area is 130 Å². The number of hydrogen-bond donors (Lipinski definition) is 0. The fourth-order valence-corrected chi connectivity index (χ4v) is 4.67. The van der Waals surface area contributed by atoms with E-state index in [1.54, 1.807) is 22.7 Å². The summed E-state index contributed by atoms with van der Waals surface area (Å²) in [4.78, 5) is 18.9. The van der Waals surface area contributed by atoms with Crippen molar-refractivity contribution in [1.29, 1.82) is 0 Å². The van der Waals surface area contributed by atoms with Gasteiger partial charge in [0.05, 0.1) is 24.4 Å². The van der Waals surface area contributed by atoms with Gasteiger partial charge in [0.15, 0.2) is 4.96 Å². The van der Waals surface area contributed by atoms with Gasteiger partial charge in [-0.2, -0.15) is 0 Å². The highest BCUT2D eigenvalue weighted by Gasteiger charge is 2.25. The lowest BCUT2D eigenvalue weighted by atomic mass is 10.00. The number of fused-ring (bicyclic) bond motifs is 5. The van der Waals surface area contributed by atoms with E-state index in [1.807, 2.05) is 12.3 Å². The molecule has 6 heteroatoms. The van der Waals surface area contributed by atoms with Crippen molar-refractivity contribution in [3.8, 4) is 11.3 Å². The van der Waals surface area contributed by atoms with E-state index in [0.717, 1.165) is 29.2 Å². The first-order valence-electron chi connectivity index (χ1n) is 6.98. The molecule has 0 fully saturated rings. The molecule has 0 bridgehead atoms. The van der Waals surface area contributed by atoms with Crippen molar-refractivity contribution in [2.75, 3.05) is 6.61 Å². The molecule has 0 aromatic carbocycles. The third kappa shape index (κ3) is 2.01. The van der Waals surface area contributed by atoms with E-state index in [1.165, 1.54) is 16.1 Å². The third-order valence-electron chi connectivity index (χ3n) is 3.75. The third-order valence-corrected chi connectivity index (χ3v) is 5.61. The fourth-order valence-electron chi connectivity index (χ4n) is 2.88. The van der Waals surface area contributed by atoms with Crippen LogP contribution in [0.3, 0.4) is 0 Å². The van der Waals surface area contributed by atoms with Crippen molar-refractivity contribution < 1.29 is 9.53 Å². The summed E-state index contributed by atoms with van der Waals surface area (Å²) >= 11 is 3.40. The van der Waals surface area contributed by atoms with Crippen molar-refractivity contribution in [1.82, 2.24) is 9.38 Å². The summed E-state index contributed by atoms with van der Waals surface area (Å²) < 4.78 is 7.21. The van der Waals surface area contributed by atoms with Crippen LogP contribution in [0.15, 0.2) is 16.8 Å². The Balaban J connectivity index is 1.81. The standard InChI is InChI=1S/C15H14N2O2S2/c1-2-19-13(18)7-9-8-21-15-16-14-10-5-6-20-12(10)4-3-11(14)17(9)15/h5-6,8H,2-4,7H2,1H3. The summed E-state index contributed by atoms with van der Waals surface area (Å²) in [5.74, 6) is -0.174. The maximum atomic E-state index is 11.8. The number of hydrogen-bond acceptors (Lipinski definition) is 5. The normalized spacial score (nSPS) is 13.2. The number of thiazole rings is 1. The zero-order chi connectivity index (χ0) is 14.4. The molecule has 3 aromatic rings. The number of aryl methyl sites for hydroxylation is 2. The number of esters is 1. The molecule has 0 spiro atoms. The highest BCUT2D eigenvalue weighted by molar-refractivity contribution is 7.15. The van der Waals surface area contributed by atoms with Gasteiger partial charge in [0, 0.05) is 21.5 Å². The lowest BCUT2D eigenvalue weighted by molar-refractivity contribution is -0.142. The van der Waals surface area contributed by atoms with E-state index in [2.05, 4.69) is 15.8 Å². The van der Waals surface area contributed by atoms with Gasteiger partial charge in [-0.25, -0.2) is 4.98 Å². The molecule has 0 amide bonds. The number of ether oxygens (including phenoxy) is 1. The molecule has 0 atom stereocenters. The second kappa shape index (κ2) is 4.96. The quantitative estimate of drug-likeness (QED) is 0.696. The van der Waals surface area contributed by atoms with Crippen LogP contribution in [0.25, 0.3) is 16.2 Å². The van der Waals surface area contributed by atoms with Gasteiger partial charge in [0.25, 0.3) is 0 Å². The Morgan fingerprint density at radius 3 is 3.19 bits per heavy atom. The number of imidazole rings is 1. The van der Waals surface area contributed by atoms with E-state index in [9.17, 15) is 4.79 Å². The first kappa shape index (κ1) is 13.0. The first-order valence-corrected chi connectivity index (χ1v) is 8.74. The Bertz CT molecular complexity index is 828. The Hall–Kier alpha value is -1.66. The predicted octanol–water partition coefficient (Wildman–Crippen LogP) is 3.33. The summed E-state index contributed by atoms with van der Waals surface area (Å²) in [6.45, 7) is 2.25. The van der Waals surface area contributed by atoms with Crippen LogP contribution in [0.4, 0.5) is 0 Å². The number of carbonyl (C=O) groups excluding carboxylic acids is 1. The zero-order valence-corrected chi connectivity index (χ0v) is 13.2. The molecular weight excluding hydrogens is 304 g/mol. The van der Waals surface area contributed by atoms with Crippen molar-refractivity contribution >= 4 is 33.6 Å². The highest BCUT2D eigenvalue weighted by Crippen LogP contribution is 2.38. The van der Waals surface area contributed by atoms with E-state index >= 15 is 0 Å². The maximum Gasteiger partial charge on any atom is 0.311 e. The van der Waals surface area contributed by atoms with Crippen molar-refractivity contribution in [2.24, 2.45) is 0 Å². The molecule has 0 radical (unpaired) electrons. The predicted molar refractivity (Wildman–Crippen MR) is 84.1 cm³/mol. The van der Waals surface area contributed by atoms with Gasteiger partial charge in [-0.15, -0.1) is 22.7 Å². The van der Waals surface area contributed by atoms with Crippen molar-refractivity contribution in [2.45, 2.75) is 26.2 Å². The molecule has 1 aliphatic rings. The number of rotatable bonds is 3. The average Bonchev–Trinajstić information content (AvgIpc) is 3.13. The SMILES string of the molecule is CCOC(=O)Cc1csc2nc3c(n12)CCc1sccc1-3. The van der Waals surface area contributed by atoms with Crippen LogP contribution < -0.4 is 0 Å². The molecule has 3 aromatic heterocycles. The molecule has 0 N–H and O–H groups in total. The van der Waals surface area contributed by atoms with Gasteiger partial charge in [-0.1, -0.05) is 0 Å². The van der Waals surface area contributed by atoms with Gasteiger partial charge in [-0.05, 0) is 31.2 Å². The second-order valence-electron chi connectivity index (χ2n) is 4.99. The molecule has 0 aliphatic heterocycles. The molecule has 108 valence electrons. The number of carbonyl (C=O) groups is 1. The summed E-state index contributed by atoms with van der Waals surface area (Å²) in [7, 11) is 0. The maximum absolute atomic E-state index is 11.8. The van der Waals surface area contributed by atoms with Gasteiger partial charge >= 0.3 is 5.97 Å². The molecule has 0 unspecified atom stereocenters. The second-order valence-corrected chi connectivity index (χ2v) is 6.83. The van der Waals surface area contributed by atoms with E-state index < -0.39 is 0 Å².